The van der Waals surface area contributed by atoms with Gasteiger partial charge >= 0.3 is 0 Å². The van der Waals surface area contributed by atoms with Crippen LogP contribution >= 0.6 is 0 Å². The highest BCUT2D eigenvalue weighted by Gasteiger charge is 2.60. The van der Waals surface area contributed by atoms with E-state index in [1.165, 1.54) is 25.1 Å². The molecule has 0 radical (unpaired) electrons. The number of nitrogens with zero attached hydrogens (tertiary/aromatic N) is 3. The Bertz CT molecular complexity index is 378. The van der Waals surface area contributed by atoms with Gasteiger partial charge in [0.2, 0.25) is 0 Å². The summed E-state index contributed by atoms with van der Waals surface area (Å²) in [5, 5.41) is 12.0. The van der Waals surface area contributed by atoms with Gasteiger partial charge in [0, 0.05) is 18.5 Å². The molecule has 3 fully saturated rings. The first-order valence-electron chi connectivity index (χ1n) is 5.51. The standard InChI is InChI=1S/C10H14N4/c1-2-14-8(6-11-1)12-13-9(14)10-3-7(4-10)5-10/h7,11H,1-6H2. The molecule has 0 saturated heterocycles. The zero-order valence-corrected chi connectivity index (χ0v) is 8.16. The van der Waals surface area contributed by atoms with Crippen LogP contribution in [-0.2, 0) is 18.5 Å². The molecule has 0 atom stereocenters. The Labute approximate surface area is 82.7 Å². The fourth-order valence-corrected chi connectivity index (χ4v) is 3.24. The van der Waals surface area contributed by atoms with Crippen molar-refractivity contribution in [3.8, 4) is 0 Å². The summed E-state index contributed by atoms with van der Waals surface area (Å²) < 4.78 is 2.35. The van der Waals surface area contributed by atoms with Crippen molar-refractivity contribution in [1.29, 1.82) is 0 Å². The molecule has 1 aliphatic heterocycles. The predicted molar refractivity (Wildman–Crippen MR) is 50.7 cm³/mol. The zero-order valence-electron chi connectivity index (χ0n) is 8.16. The molecule has 1 aromatic heterocycles. The normalized spacial score (nSPS) is 38.4. The number of nitrogens with one attached hydrogen (secondary N) is 1. The van der Waals surface area contributed by atoms with E-state index in [9.17, 15) is 0 Å². The Hall–Kier alpha value is -0.900. The van der Waals surface area contributed by atoms with E-state index in [-0.39, 0.29) is 0 Å². The number of hydrogen-bond acceptors (Lipinski definition) is 3. The molecule has 14 heavy (non-hydrogen) atoms. The molecule has 1 N–H and O–H groups in total. The van der Waals surface area contributed by atoms with Crippen LogP contribution in [0, 0.1) is 5.92 Å². The minimum Gasteiger partial charge on any atom is -0.312 e. The maximum Gasteiger partial charge on any atom is 0.147 e. The number of aromatic nitrogens is 3. The van der Waals surface area contributed by atoms with Crippen molar-refractivity contribution in [2.45, 2.75) is 37.8 Å². The van der Waals surface area contributed by atoms with Crippen molar-refractivity contribution >= 4 is 0 Å². The quantitative estimate of drug-likeness (QED) is 0.698. The molecule has 5 rings (SSSR count). The fraction of sp³-hybridized carbons (Fsp3) is 0.800. The first-order chi connectivity index (χ1) is 6.87. The van der Waals surface area contributed by atoms with Gasteiger partial charge in [0.05, 0.1) is 6.54 Å². The van der Waals surface area contributed by atoms with E-state index in [2.05, 4.69) is 20.1 Å². The number of hydrogen-bond donors (Lipinski definition) is 1. The Morgan fingerprint density at radius 3 is 2.86 bits per heavy atom. The van der Waals surface area contributed by atoms with Crippen molar-refractivity contribution in [3.05, 3.63) is 11.6 Å². The van der Waals surface area contributed by atoms with Gasteiger partial charge < -0.3 is 9.88 Å². The van der Waals surface area contributed by atoms with Gasteiger partial charge in [-0.3, -0.25) is 0 Å². The summed E-state index contributed by atoms with van der Waals surface area (Å²) in [6.45, 7) is 3.02. The van der Waals surface area contributed by atoms with Crippen LogP contribution in [0.1, 0.15) is 30.9 Å². The van der Waals surface area contributed by atoms with Gasteiger partial charge in [0.25, 0.3) is 0 Å². The third-order valence-electron chi connectivity index (χ3n) is 4.14. The lowest BCUT2D eigenvalue weighted by Crippen LogP contribution is -2.57. The van der Waals surface area contributed by atoms with Crippen LogP contribution < -0.4 is 5.32 Å². The minimum atomic E-state index is 0.466. The van der Waals surface area contributed by atoms with Crippen molar-refractivity contribution in [2.24, 2.45) is 5.92 Å². The maximum atomic E-state index is 4.40. The molecule has 74 valence electrons. The minimum absolute atomic E-state index is 0.466. The van der Waals surface area contributed by atoms with Crippen LogP contribution in [0.25, 0.3) is 0 Å². The van der Waals surface area contributed by atoms with Crippen LogP contribution in [0.15, 0.2) is 0 Å². The van der Waals surface area contributed by atoms with E-state index in [1.807, 2.05) is 0 Å². The molecular formula is C10H14N4. The van der Waals surface area contributed by atoms with Crippen molar-refractivity contribution in [2.75, 3.05) is 6.54 Å². The summed E-state index contributed by atoms with van der Waals surface area (Å²) >= 11 is 0. The third-order valence-corrected chi connectivity index (χ3v) is 4.14. The van der Waals surface area contributed by atoms with Crippen molar-refractivity contribution in [1.82, 2.24) is 20.1 Å². The molecule has 4 nitrogen and oxygen atoms in total. The van der Waals surface area contributed by atoms with E-state index < -0.39 is 0 Å². The summed E-state index contributed by atoms with van der Waals surface area (Å²) in [7, 11) is 0. The van der Waals surface area contributed by atoms with Crippen LogP contribution in [0.3, 0.4) is 0 Å². The highest BCUT2D eigenvalue weighted by molar-refractivity contribution is 5.26. The van der Waals surface area contributed by atoms with E-state index in [1.54, 1.807) is 0 Å². The maximum absolute atomic E-state index is 4.40. The molecule has 3 saturated carbocycles. The Kier molecular flexibility index (Phi) is 1.16. The second-order valence-electron chi connectivity index (χ2n) is 5.03. The van der Waals surface area contributed by atoms with Gasteiger partial charge in [-0.2, -0.15) is 0 Å². The van der Waals surface area contributed by atoms with E-state index in [4.69, 9.17) is 0 Å². The average Bonchev–Trinajstić information content (AvgIpc) is 2.45. The van der Waals surface area contributed by atoms with Gasteiger partial charge in [-0.15, -0.1) is 10.2 Å². The molecule has 0 amide bonds. The SMILES string of the molecule is C1Cn2c(nnc2C23CC(C2)C3)CN1. The topological polar surface area (TPSA) is 42.7 Å². The lowest BCUT2D eigenvalue weighted by molar-refractivity contribution is -0.0377. The molecule has 0 unspecified atom stereocenters. The molecule has 4 heteroatoms. The molecule has 0 spiro atoms. The first-order valence-corrected chi connectivity index (χ1v) is 5.51. The Morgan fingerprint density at radius 2 is 2.14 bits per heavy atom. The van der Waals surface area contributed by atoms with E-state index in [0.717, 1.165) is 31.4 Å². The summed E-state index contributed by atoms with van der Waals surface area (Å²) in [6, 6.07) is 0. The first kappa shape index (κ1) is 7.40. The van der Waals surface area contributed by atoms with E-state index >= 15 is 0 Å². The summed E-state index contributed by atoms with van der Waals surface area (Å²) in [5.41, 5.74) is 0.466. The third kappa shape index (κ3) is 0.704. The van der Waals surface area contributed by atoms with Crippen LogP contribution in [0.5, 0.6) is 0 Å². The van der Waals surface area contributed by atoms with Crippen molar-refractivity contribution in [3.63, 3.8) is 0 Å². The lowest BCUT2D eigenvalue weighted by Gasteiger charge is -2.60. The monoisotopic (exact) mass is 190 g/mol. The molecule has 3 aliphatic carbocycles. The Balaban J connectivity index is 1.80. The fourth-order valence-electron chi connectivity index (χ4n) is 3.24. The van der Waals surface area contributed by atoms with Crippen LogP contribution in [-0.4, -0.2) is 21.3 Å². The van der Waals surface area contributed by atoms with Gasteiger partial charge in [-0.25, -0.2) is 0 Å². The smallest absolute Gasteiger partial charge is 0.147 e. The zero-order chi connectivity index (χ0) is 9.17. The van der Waals surface area contributed by atoms with Gasteiger partial charge in [-0.1, -0.05) is 0 Å². The second-order valence-corrected chi connectivity index (χ2v) is 5.03. The summed E-state index contributed by atoms with van der Waals surface area (Å²) in [6.07, 6.45) is 4.12. The molecule has 2 heterocycles. The Morgan fingerprint density at radius 1 is 1.29 bits per heavy atom. The highest BCUT2D eigenvalue weighted by atomic mass is 15.3. The molecule has 1 aromatic rings. The molecule has 2 bridgehead atoms. The van der Waals surface area contributed by atoms with E-state index in [0.29, 0.717) is 5.41 Å². The predicted octanol–water partition coefficient (Wildman–Crippen LogP) is 0.433. The van der Waals surface area contributed by atoms with Gasteiger partial charge in [0.15, 0.2) is 0 Å². The van der Waals surface area contributed by atoms with Gasteiger partial charge in [0.1, 0.15) is 11.6 Å². The number of rotatable bonds is 1. The summed E-state index contributed by atoms with van der Waals surface area (Å²) in [4.78, 5) is 0. The number of fused-ring (bicyclic) bond motifs is 1. The molecule has 0 aromatic carbocycles. The van der Waals surface area contributed by atoms with Crippen LogP contribution in [0.2, 0.25) is 0 Å². The highest BCUT2D eigenvalue weighted by Crippen LogP contribution is 2.64. The molecule has 4 aliphatic rings. The van der Waals surface area contributed by atoms with Crippen LogP contribution in [0.4, 0.5) is 0 Å². The average molecular weight is 190 g/mol. The van der Waals surface area contributed by atoms with Crippen molar-refractivity contribution < 1.29 is 0 Å². The lowest BCUT2D eigenvalue weighted by atomic mass is 9.44. The van der Waals surface area contributed by atoms with Gasteiger partial charge in [-0.05, 0) is 25.2 Å². The molecular weight excluding hydrogens is 176 g/mol. The summed E-state index contributed by atoms with van der Waals surface area (Å²) in [5.74, 6) is 3.44. The second kappa shape index (κ2) is 2.19. The largest absolute Gasteiger partial charge is 0.312 e.